The van der Waals surface area contributed by atoms with Gasteiger partial charge in [-0.05, 0) is 55.5 Å². The Morgan fingerprint density at radius 1 is 1.06 bits per heavy atom. The third-order valence-electron chi connectivity index (χ3n) is 5.34. The molecule has 1 saturated heterocycles. The molecule has 9 heteroatoms. The summed E-state index contributed by atoms with van der Waals surface area (Å²) in [7, 11) is -3.49. The van der Waals surface area contributed by atoms with Crippen molar-refractivity contribution in [2.24, 2.45) is 5.92 Å². The molecule has 31 heavy (non-hydrogen) atoms. The van der Waals surface area contributed by atoms with Gasteiger partial charge in [0.25, 0.3) is 0 Å². The van der Waals surface area contributed by atoms with E-state index in [1.54, 1.807) is 0 Å². The average molecular weight is 455 g/mol. The summed E-state index contributed by atoms with van der Waals surface area (Å²) in [6, 6.07) is 13.8. The first-order valence-electron chi connectivity index (χ1n) is 10.1. The summed E-state index contributed by atoms with van der Waals surface area (Å²) in [5.74, 6) is -0.918. The number of sulfonamides is 1. The molecule has 0 aliphatic carbocycles. The fraction of sp³-hybridized carbons (Fsp3) is 0.409. The van der Waals surface area contributed by atoms with Crippen molar-refractivity contribution in [1.82, 2.24) is 4.31 Å². The normalized spacial score (nSPS) is 18.0. The molecule has 0 aromatic heterocycles. The van der Waals surface area contributed by atoms with E-state index in [2.05, 4.69) is 5.32 Å². The minimum atomic E-state index is -4.44. The highest BCUT2D eigenvalue weighted by atomic mass is 32.2. The molecule has 168 valence electrons. The van der Waals surface area contributed by atoms with Crippen LogP contribution in [-0.2, 0) is 27.4 Å². The molecule has 1 fully saturated rings. The van der Waals surface area contributed by atoms with E-state index >= 15 is 0 Å². The van der Waals surface area contributed by atoms with E-state index in [4.69, 9.17) is 0 Å². The van der Waals surface area contributed by atoms with E-state index < -0.39 is 27.7 Å². The number of nitrogens with one attached hydrogen (secondary N) is 1. The van der Waals surface area contributed by atoms with Gasteiger partial charge >= 0.3 is 6.18 Å². The predicted octanol–water partition coefficient (Wildman–Crippen LogP) is 4.32. The van der Waals surface area contributed by atoms with Gasteiger partial charge < -0.3 is 5.32 Å². The van der Waals surface area contributed by atoms with Crippen LogP contribution >= 0.6 is 0 Å². The van der Waals surface area contributed by atoms with Crippen LogP contribution in [0, 0.1) is 5.92 Å². The molecule has 0 bridgehead atoms. The second-order valence-electron chi connectivity index (χ2n) is 7.67. The molecule has 1 atom stereocenters. The highest BCUT2D eigenvalue weighted by molar-refractivity contribution is 7.89. The third-order valence-corrected chi connectivity index (χ3v) is 7.26. The zero-order chi connectivity index (χ0) is 22.5. The van der Waals surface area contributed by atoms with Gasteiger partial charge in [-0.25, -0.2) is 12.7 Å². The van der Waals surface area contributed by atoms with Crippen LogP contribution in [0.1, 0.15) is 30.4 Å². The number of aryl methyl sites for hydroxylation is 1. The lowest BCUT2D eigenvalue weighted by Crippen LogP contribution is -2.44. The van der Waals surface area contributed by atoms with Crippen LogP contribution in [0.3, 0.4) is 0 Å². The molecule has 1 unspecified atom stereocenters. The summed E-state index contributed by atoms with van der Waals surface area (Å²) in [5.41, 5.74) is 0.530. The van der Waals surface area contributed by atoms with Crippen molar-refractivity contribution in [2.75, 3.05) is 24.2 Å². The molecule has 0 saturated carbocycles. The third kappa shape index (κ3) is 6.54. The van der Waals surface area contributed by atoms with E-state index in [1.165, 1.54) is 16.4 Å². The first-order valence-corrected chi connectivity index (χ1v) is 11.8. The van der Waals surface area contributed by atoms with E-state index in [0.29, 0.717) is 32.2 Å². The molecule has 0 radical (unpaired) electrons. The van der Waals surface area contributed by atoms with Gasteiger partial charge in [-0.3, -0.25) is 4.79 Å². The van der Waals surface area contributed by atoms with Crippen molar-refractivity contribution in [3.63, 3.8) is 0 Å². The van der Waals surface area contributed by atoms with E-state index in [-0.39, 0.29) is 23.9 Å². The molecule has 2 aromatic rings. The molecule has 5 nitrogen and oxygen atoms in total. The van der Waals surface area contributed by atoms with Crippen molar-refractivity contribution in [3.05, 3.63) is 65.7 Å². The number of anilines is 1. The minimum Gasteiger partial charge on any atom is -0.326 e. The van der Waals surface area contributed by atoms with Gasteiger partial charge in [0.2, 0.25) is 15.9 Å². The first-order chi connectivity index (χ1) is 14.6. The quantitative estimate of drug-likeness (QED) is 0.678. The largest absolute Gasteiger partial charge is 0.416 e. The minimum absolute atomic E-state index is 0.00907. The fourth-order valence-electron chi connectivity index (χ4n) is 3.63. The van der Waals surface area contributed by atoms with Gasteiger partial charge in [0.1, 0.15) is 0 Å². The molecule has 0 spiro atoms. The number of carbonyl (C=O) groups excluding carboxylic acids is 1. The summed E-state index contributed by atoms with van der Waals surface area (Å²) in [4.78, 5) is 12.6. The van der Waals surface area contributed by atoms with Crippen molar-refractivity contribution in [1.29, 1.82) is 0 Å². The molecular formula is C22H25F3N2O3S. The number of benzene rings is 2. The highest BCUT2D eigenvalue weighted by Crippen LogP contribution is 2.30. The summed E-state index contributed by atoms with van der Waals surface area (Å²) in [6.45, 7) is 0.456. The Balaban J connectivity index is 1.54. The predicted molar refractivity (Wildman–Crippen MR) is 113 cm³/mol. The van der Waals surface area contributed by atoms with E-state index in [9.17, 15) is 26.4 Å². The second kappa shape index (κ2) is 9.82. The number of hydrogen-bond donors (Lipinski definition) is 1. The number of amides is 1. The first kappa shape index (κ1) is 23.3. The van der Waals surface area contributed by atoms with Crippen molar-refractivity contribution in [2.45, 2.75) is 31.9 Å². The molecule has 2 aromatic carbocycles. The summed E-state index contributed by atoms with van der Waals surface area (Å²) in [6.07, 6.45) is -2.20. The Kier molecular flexibility index (Phi) is 7.38. The van der Waals surface area contributed by atoms with Crippen LogP contribution in [0.2, 0.25) is 0 Å². The van der Waals surface area contributed by atoms with Gasteiger partial charge in [0.15, 0.2) is 0 Å². The van der Waals surface area contributed by atoms with Crippen LogP contribution in [0.5, 0.6) is 0 Å². The molecule has 3 rings (SSSR count). The van der Waals surface area contributed by atoms with Crippen molar-refractivity contribution in [3.8, 4) is 0 Å². The van der Waals surface area contributed by atoms with E-state index in [1.807, 2.05) is 30.3 Å². The fourth-order valence-corrected chi connectivity index (χ4v) is 5.21. The zero-order valence-corrected chi connectivity index (χ0v) is 17.8. The second-order valence-corrected chi connectivity index (χ2v) is 9.76. The Hall–Kier alpha value is -2.39. The number of rotatable bonds is 7. The Morgan fingerprint density at radius 3 is 2.39 bits per heavy atom. The summed E-state index contributed by atoms with van der Waals surface area (Å²) < 4.78 is 64.8. The van der Waals surface area contributed by atoms with E-state index in [0.717, 1.165) is 17.7 Å². The maximum Gasteiger partial charge on any atom is 0.416 e. The summed E-state index contributed by atoms with van der Waals surface area (Å²) >= 11 is 0. The van der Waals surface area contributed by atoms with Crippen molar-refractivity contribution >= 4 is 21.6 Å². The number of nitrogens with zero attached hydrogens (tertiary/aromatic N) is 1. The number of alkyl halides is 3. The lowest BCUT2D eigenvalue weighted by Gasteiger charge is -2.31. The maximum absolute atomic E-state index is 12.7. The van der Waals surface area contributed by atoms with Gasteiger partial charge in [-0.2, -0.15) is 13.2 Å². The molecular weight excluding hydrogens is 429 g/mol. The number of halogens is 3. The van der Waals surface area contributed by atoms with Gasteiger partial charge in [-0.1, -0.05) is 30.3 Å². The lowest BCUT2D eigenvalue weighted by molar-refractivity contribution is -0.137. The SMILES string of the molecule is O=C(Nc1ccc(C(F)(F)F)cc1)C1CCCN(S(=O)(=O)CCCc2ccccc2)C1. The number of piperidine rings is 1. The Morgan fingerprint density at radius 2 is 1.74 bits per heavy atom. The standard InChI is InChI=1S/C22H25F3N2O3S/c23-22(24,25)19-10-12-20(13-11-19)26-21(28)18-9-4-14-27(16-18)31(29,30)15-5-8-17-6-2-1-3-7-17/h1-3,6-7,10-13,18H,4-5,8-9,14-16H2,(H,26,28). The van der Waals surface area contributed by atoms with Crippen LogP contribution in [0.15, 0.2) is 54.6 Å². The molecule has 1 N–H and O–H groups in total. The molecule has 1 aliphatic heterocycles. The Bertz CT molecular complexity index is 977. The summed E-state index contributed by atoms with van der Waals surface area (Å²) in [5, 5.41) is 2.60. The topological polar surface area (TPSA) is 66.5 Å². The zero-order valence-electron chi connectivity index (χ0n) is 16.9. The maximum atomic E-state index is 12.7. The van der Waals surface area contributed by atoms with Gasteiger partial charge in [-0.15, -0.1) is 0 Å². The number of carbonyl (C=O) groups is 1. The highest BCUT2D eigenvalue weighted by Gasteiger charge is 2.33. The average Bonchev–Trinajstić information content (AvgIpc) is 2.74. The monoisotopic (exact) mass is 454 g/mol. The Labute approximate surface area is 180 Å². The van der Waals surface area contributed by atoms with Gasteiger partial charge in [0, 0.05) is 18.8 Å². The van der Waals surface area contributed by atoms with Gasteiger partial charge in [0.05, 0.1) is 17.2 Å². The number of hydrogen-bond acceptors (Lipinski definition) is 3. The van der Waals surface area contributed by atoms with Crippen molar-refractivity contribution < 1.29 is 26.4 Å². The van der Waals surface area contributed by atoms with Crippen LogP contribution < -0.4 is 5.32 Å². The van der Waals surface area contributed by atoms with Crippen LogP contribution in [0.25, 0.3) is 0 Å². The van der Waals surface area contributed by atoms with Crippen LogP contribution in [0.4, 0.5) is 18.9 Å². The van der Waals surface area contributed by atoms with Crippen LogP contribution in [-0.4, -0.2) is 37.5 Å². The molecule has 1 aliphatic rings. The molecule has 1 heterocycles. The smallest absolute Gasteiger partial charge is 0.326 e. The lowest BCUT2D eigenvalue weighted by atomic mass is 9.98. The molecule has 1 amide bonds.